The number of nitrogens with one attached hydrogen (secondary N) is 1. The standard InChI is InChI=1S/C8H6Cl2F2N2O/c9-5-1-6(10)13-2-4(5)8(15)14-3-7(11)12/h1-2,7H,3H2,(H,14,15). The van der Waals surface area contributed by atoms with Crippen molar-refractivity contribution >= 4 is 29.1 Å². The summed E-state index contributed by atoms with van der Waals surface area (Å²) >= 11 is 11.2. The molecule has 1 rings (SSSR count). The van der Waals surface area contributed by atoms with Crippen LogP contribution in [0.3, 0.4) is 0 Å². The van der Waals surface area contributed by atoms with Gasteiger partial charge < -0.3 is 5.32 Å². The van der Waals surface area contributed by atoms with Gasteiger partial charge in [-0.15, -0.1) is 0 Å². The fraction of sp³-hybridized carbons (Fsp3) is 0.250. The zero-order valence-corrected chi connectivity index (χ0v) is 8.82. The van der Waals surface area contributed by atoms with Crippen LogP contribution in [0, 0.1) is 0 Å². The smallest absolute Gasteiger partial charge is 0.255 e. The van der Waals surface area contributed by atoms with Crippen LogP contribution in [0.2, 0.25) is 10.2 Å². The van der Waals surface area contributed by atoms with E-state index in [0.29, 0.717) is 0 Å². The summed E-state index contributed by atoms with van der Waals surface area (Å²) in [5.74, 6) is -0.704. The maximum atomic E-state index is 11.8. The number of amides is 1. The molecule has 0 atom stereocenters. The molecule has 0 aromatic carbocycles. The van der Waals surface area contributed by atoms with E-state index in [9.17, 15) is 13.6 Å². The van der Waals surface area contributed by atoms with Crippen LogP contribution >= 0.6 is 23.2 Å². The quantitative estimate of drug-likeness (QED) is 0.842. The number of carbonyl (C=O) groups excluding carboxylic acids is 1. The molecule has 0 aliphatic carbocycles. The highest BCUT2D eigenvalue weighted by Crippen LogP contribution is 2.18. The number of nitrogens with zero attached hydrogens (tertiary/aromatic N) is 1. The van der Waals surface area contributed by atoms with Gasteiger partial charge in [-0.2, -0.15) is 0 Å². The Morgan fingerprint density at radius 3 is 2.73 bits per heavy atom. The van der Waals surface area contributed by atoms with E-state index in [1.165, 1.54) is 6.07 Å². The Morgan fingerprint density at radius 1 is 1.53 bits per heavy atom. The molecule has 1 heterocycles. The molecule has 0 aliphatic rings. The largest absolute Gasteiger partial charge is 0.346 e. The molecule has 0 aliphatic heterocycles. The van der Waals surface area contributed by atoms with Gasteiger partial charge in [0.05, 0.1) is 17.1 Å². The van der Waals surface area contributed by atoms with Crippen molar-refractivity contribution in [3.8, 4) is 0 Å². The molecule has 82 valence electrons. The Bertz CT molecular complexity index is 374. The zero-order chi connectivity index (χ0) is 11.4. The fourth-order valence-corrected chi connectivity index (χ4v) is 1.29. The van der Waals surface area contributed by atoms with Crippen LogP contribution in [0.1, 0.15) is 10.4 Å². The zero-order valence-electron chi connectivity index (χ0n) is 7.31. The molecule has 0 radical (unpaired) electrons. The highest BCUT2D eigenvalue weighted by molar-refractivity contribution is 6.36. The molecule has 3 nitrogen and oxygen atoms in total. The second-order valence-electron chi connectivity index (χ2n) is 2.59. The maximum absolute atomic E-state index is 11.8. The topological polar surface area (TPSA) is 42.0 Å². The molecule has 1 aromatic rings. The van der Waals surface area contributed by atoms with Crippen LogP contribution in [0.4, 0.5) is 8.78 Å². The molecule has 0 saturated carbocycles. The normalized spacial score (nSPS) is 10.5. The first kappa shape index (κ1) is 12.1. The third-order valence-electron chi connectivity index (χ3n) is 1.48. The van der Waals surface area contributed by atoms with Gasteiger partial charge in [0.25, 0.3) is 12.3 Å². The second kappa shape index (κ2) is 5.23. The summed E-state index contributed by atoms with van der Waals surface area (Å²) < 4.78 is 23.6. The molecular formula is C8H6Cl2F2N2O. The Morgan fingerprint density at radius 2 is 2.20 bits per heavy atom. The molecule has 1 N–H and O–H groups in total. The van der Waals surface area contributed by atoms with E-state index in [4.69, 9.17) is 23.2 Å². The number of alkyl halides is 2. The fourth-order valence-electron chi connectivity index (χ4n) is 0.840. The van der Waals surface area contributed by atoms with E-state index in [1.54, 1.807) is 0 Å². The number of rotatable bonds is 3. The number of hydrogen-bond donors (Lipinski definition) is 1. The molecule has 0 fully saturated rings. The Hall–Kier alpha value is -0.940. The van der Waals surface area contributed by atoms with Gasteiger partial charge in [0.1, 0.15) is 5.15 Å². The molecule has 0 saturated heterocycles. The van der Waals surface area contributed by atoms with Crippen molar-refractivity contribution in [1.29, 1.82) is 0 Å². The monoisotopic (exact) mass is 254 g/mol. The number of hydrogen-bond acceptors (Lipinski definition) is 2. The Labute approximate surface area is 94.4 Å². The molecular weight excluding hydrogens is 249 g/mol. The third kappa shape index (κ3) is 3.60. The van der Waals surface area contributed by atoms with Gasteiger partial charge in [-0.3, -0.25) is 4.79 Å². The van der Waals surface area contributed by atoms with Crippen molar-refractivity contribution in [3.63, 3.8) is 0 Å². The maximum Gasteiger partial charge on any atom is 0.255 e. The summed E-state index contributed by atoms with van der Waals surface area (Å²) in [5, 5.41) is 2.20. The van der Waals surface area contributed by atoms with Gasteiger partial charge in [-0.1, -0.05) is 23.2 Å². The molecule has 15 heavy (non-hydrogen) atoms. The van der Waals surface area contributed by atoms with Gasteiger partial charge in [-0.05, 0) is 6.07 Å². The number of pyridine rings is 1. The van der Waals surface area contributed by atoms with Gasteiger partial charge in [0.15, 0.2) is 0 Å². The average Bonchev–Trinajstić information content (AvgIpc) is 2.14. The lowest BCUT2D eigenvalue weighted by molar-refractivity contribution is 0.0891. The summed E-state index contributed by atoms with van der Waals surface area (Å²) in [5.41, 5.74) is 0.0155. The first-order chi connectivity index (χ1) is 7.00. The van der Waals surface area contributed by atoms with E-state index in [2.05, 4.69) is 4.98 Å². The average molecular weight is 255 g/mol. The van der Waals surface area contributed by atoms with E-state index in [0.717, 1.165) is 6.20 Å². The lowest BCUT2D eigenvalue weighted by atomic mass is 10.2. The SMILES string of the molecule is O=C(NCC(F)F)c1cnc(Cl)cc1Cl. The molecule has 1 amide bonds. The van der Waals surface area contributed by atoms with E-state index >= 15 is 0 Å². The summed E-state index contributed by atoms with van der Waals surface area (Å²) in [7, 11) is 0. The van der Waals surface area contributed by atoms with Crippen molar-refractivity contribution in [2.45, 2.75) is 6.43 Å². The summed E-state index contributed by atoms with van der Waals surface area (Å²) in [4.78, 5) is 14.9. The molecule has 1 aromatic heterocycles. The summed E-state index contributed by atoms with van der Waals surface area (Å²) in [6, 6.07) is 1.26. The van der Waals surface area contributed by atoms with Crippen LogP contribution < -0.4 is 5.32 Å². The molecule has 0 spiro atoms. The van der Waals surface area contributed by atoms with E-state index in [1.807, 2.05) is 5.32 Å². The summed E-state index contributed by atoms with van der Waals surface area (Å²) in [6.45, 7) is -0.724. The first-order valence-corrected chi connectivity index (χ1v) is 4.63. The van der Waals surface area contributed by atoms with Crippen molar-refractivity contribution in [2.75, 3.05) is 6.54 Å². The van der Waals surface area contributed by atoms with Gasteiger partial charge in [0.2, 0.25) is 0 Å². The molecule has 7 heteroatoms. The minimum Gasteiger partial charge on any atom is -0.346 e. The highest BCUT2D eigenvalue weighted by Gasteiger charge is 2.12. The van der Waals surface area contributed by atoms with Crippen molar-refractivity contribution in [3.05, 3.63) is 28.0 Å². The number of aromatic nitrogens is 1. The first-order valence-electron chi connectivity index (χ1n) is 3.88. The van der Waals surface area contributed by atoms with Crippen molar-refractivity contribution in [1.82, 2.24) is 10.3 Å². The van der Waals surface area contributed by atoms with E-state index in [-0.39, 0.29) is 15.7 Å². The number of carbonyl (C=O) groups is 1. The van der Waals surface area contributed by atoms with Gasteiger partial charge in [0, 0.05) is 6.20 Å². The van der Waals surface area contributed by atoms with Crippen LogP contribution in [0.15, 0.2) is 12.3 Å². The van der Waals surface area contributed by atoms with E-state index < -0.39 is 18.9 Å². The van der Waals surface area contributed by atoms with Crippen molar-refractivity contribution < 1.29 is 13.6 Å². The predicted octanol–water partition coefficient (Wildman–Crippen LogP) is 2.38. The third-order valence-corrected chi connectivity index (χ3v) is 2.00. The summed E-state index contributed by atoms with van der Waals surface area (Å²) in [6.07, 6.45) is -1.47. The lowest BCUT2D eigenvalue weighted by Gasteiger charge is -2.05. The lowest BCUT2D eigenvalue weighted by Crippen LogP contribution is -2.28. The highest BCUT2D eigenvalue weighted by atomic mass is 35.5. The Balaban J connectivity index is 2.74. The molecule has 0 bridgehead atoms. The predicted molar refractivity (Wildman–Crippen MR) is 52.6 cm³/mol. The van der Waals surface area contributed by atoms with Gasteiger partial charge >= 0.3 is 0 Å². The van der Waals surface area contributed by atoms with Crippen LogP contribution in [-0.2, 0) is 0 Å². The van der Waals surface area contributed by atoms with Crippen LogP contribution in [0.25, 0.3) is 0 Å². The minimum absolute atomic E-state index is 0.0155. The van der Waals surface area contributed by atoms with Gasteiger partial charge in [-0.25, -0.2) is 13.8 Å². The van der Waals surface area contributed by atoms with Crippen molar-refractivity contribution in [2.24, 2.45) is 0 Å². The second-order valence-corrected chi connectivity index (χ2v) is 3.38. The van der Waals surface area contributed by atoms with Crippen LogP contribution in [0.5, 0.6) is 0 Å². The Kier molecular flexibility index (Phi) is 4.23. The minimum atomic E-state index is -2.60. The number of halogens is 4. The molecule has 0 unspecified atom stereocenters. The van der Waals surface area contributed by atoms with Crippen LogP contribution in [-0.4, -0.2) is 23.9 Å².